The summed E-state index contributed by atoms with van der Waals surface area (Å²) in [5.41, 5.74) is -0.737. The van der Waals surface area contributed by atoms with Crippen LogP contribution in [0.5, 0.6) is 0 Å². The van der Waals surface area contributed by atoms with Crippen LogP contribution in [0.4, 0.5) is 0 Å². The van der Waals surface area contributed by atoms with E-state index in [0.717, 1.165) is 15.9 Å². The number of fused-ring (bicyclic) bond motifs is 1. The molecule has 2 aromatic heterocycles. The number of nitrogens with zero attached hydrogens (tertiary/aromatic N) is 2. The van der Waals surface area contributed by atoms with Gasteiger partial charge in [-0.3, -0.25) is 9.36 Å². The second-order valence-electron chi connectivity index (χ2n) is 5.35. The molecule has 2 rings (SSSR count). The average molecular weight is 356 g/mol. The van der Waals surface area contributed by atoms with Crippen molar-refractivity contribution in [3.8, 4) is 0 Å². The maximum absolute atomic E-state index is 12.8. The number of rotatable bonds is 7. The summed E-state index contributed by atoms with van der Waals surface area (Å²) < 4.78 is 7.15. The molecule has 0 saturated heterocycles. The summed E-state index contributed by atoms with van der Waals surface area (Å²) in [5.74, 6) is -1.23. The number of carboxylic acid groups (broad SMARTS) is 1. The van der Waals surface area contributed by atoms with Crippen LogP contribution in [0.25, 0.3) is 10.2 Å². The van der Waals surface area contributed by atoms with Gasteiger partial charge >= 0.3 is 11.7 Å². The van der Waals surface area contributed by atoms with Crippen molar-refractivity contribution in [2.24, 2.45) is 0 Å². The van der Waals surface area contributed by atoms with Crippen LogP contribution in [0.15, 0.2) is 9.59 Å². The lowest BCUT2D eigenvalue weighted by Gasteiger charge is -2.16. The van der Waals surface area contributed by atoms with E-state index in [1.165, 1.54) is 11.7 Å². The van der Waals surface area contributed by atoms with Crippen molar-refractivity contribution in [1.82, 2.24) is 9.13 Å². The van der Waals surface area contributed by atoms with Crippen molar-refractivity contribution in [2.45, 2.75) is 39.5 Å². The maximum Gasteiger partial charge on any atom is 0.332 e. The highest BCUT2D eigenvalue weighted by Gasteiger charge is 2.26. The van der Waals surface area contributed by atoms with Crippen LogP contribution in [0, 0.1) is 6.92 Å². The van der Waals surface area contributed by atoms with Crippen LogP contribution in [0.1, 0.15) is 29.8 Å². The number of aliphatic hydroxyl groups excluding tert-OH is 1. The van der Waals surface area contributed by atoms with Crippen LogP contribution in [0.2, 0.25) is 0 Å². The number of hydrogen-bond acceptors (Lipinski definition) is 6. The van der Waals surface area contributed by atoms with Gasteiger partial charge in [0.15, 0.2) is 0 Å². The molecule has 0 aromatic carbocycles. The molecule has 1 atom stereocenters. The number of carbonyl (C=O) groups is 1. The van der Waals surface area contributed by atoms with Gasteiger partial charge in [0.1, 0.15) is 10.9 Å². The molecule has 8 nitrogen and oxygen atoms in total. The van der Waals surface area contributed by atoms with Crippen molar-refractivity contribution in [2.75, 3.05) is 13.7 Å². The Balaban J connectivity index is 2.94. The highest BCUT2D eigenvalue weighted by Crippen LogP contribution is 2.28. The molecule has 24 heavy (non-hydrogen) atoms. The van der Waals surface area contributed by atoms with Gasteiger partial charge < -0.3 is 14.9 Å². The number of aliphatic hydroxyl groups is 1. The Morgan fingerprint density at radius 3 is 2.54 bits per heavy atom. The molecule has 0 spiro atoms. The van der Waals surface area contributed by atoms with Gasteiger partial charge in [0.25, 0.3) is 5.56 Å². The van der Waals surface area contributed by atoms with E-state index in [1.807, 2.05) is 0 Å². The first kappa shape index (κ1) is 18.4. The Labute approximate surface area is 141 Å². The molecule has 0 bridgehead atoms. The number of methoxy groups -OCH3 is 1. The first-order chi connectivity index (χ1) is 11.4. The second kappa shape index (κ2) is 7.29. The largest absolute Gasteiger partial charge is 0.480 e. The van der Waals surface area contributed by atoms with E-state index in [9.17, 15) is 24.6 Å². The Morgan fingerprint density at radius 1 is 1.38 bits per heavy atom. The van der Waals surface area contributed by atoms with E-state index in [2.05, 4.69) is 0 Å². The van der Waals surface area contributed by atoms with E-state index < -0.39 is 23.3 Å². The van der Waals surface area contributed by atoms with Crippen molar-refractivity contribution in [1.29, 1.82) is 0 Å². The lowest BCUT2D eigenvalue weighted by Crippen LogP contribution is -2.44. The molecule has 0 aliphatic rings. The molecular formula is C15H20N2O6S. The number of carboxylic acids is 1. The molecule has 2 heterocycles. The molecule has 9 heteroatoms. The molecule has 2 aromatic rings. The van der Waals surface area contributed by atoms with Gasteiger partial charge in [-0.15, -0.1) is 11.3 Å². The summed E-state index contributed by atoms with van der Waals surface area (Å²) >= 11 is 1.16. The topological polar surface area (TPSA) is 111 Å². The summed E-state index contributed by atoms with van der Waals surface area (Å²) in [7, 11) is 1.49. The van der Waals surface area contributed by atoms with E-state index in [1.54, 1.807) is 13.8 Å². The minimum Gasteiger partial charge on any atom is -0.480 e. The van der Waals surface area contributed by atoms with Gasteiger partial charge in [0.05, 0.1) is 25.1 Å². The molecule has 0 amide bonds. The first-order valence-electron chi connectivity index (χ1n) is 7.48. The Morgan fingerprint density at radius 2 is 2.04 bits per heavy atom. The molecule has 0 saturated carbocycles. The molecular weight excluding hydrogens is 336 g/mol. The number of aryl methyl sites for hydroxylation is 1. The van der Waals surface area contributed by atoms with Crippen molar-refractivity contribution < 1.29 is 19.7 Å². The molecule has 1 unspecified atom stereocenters. The lowest BCUT2D eigenvalue weighted by molar-refractivity contribution is -0.141. The predicted octanol–water partition coefficient (Wildman–Crippen LogP) is 0.708. The van der Waals surface area contributed by atoms with E-state index >= 15 is 0 Å². The summed E-state index contributed by atoms with van der Waals surface area (Å²) in [5, 5.41) is 19.1. The van der Waals surface area contributed by atoms with E-state index in [-0.39, 0.29) is 31.6 Å². The fraction of sp³-hybridized carbons (Fsp3) is 0.533. The minimum atomic E-state index is -1.24. The van der Waals surface area contributed by atoms with Gasteiger partial charge in [-0.1, -0.05) is 6.92 Å². The fourth-order valence-electron chi connectivity index (χ4n) is 2.68. The van der Waals surface area contributed by atoms with Gasteiger partial charge in [-0.2, -0.15) is 0 Å². The minimum absolute atomic E-state index is 0.107. The second-order valence-corrected chi connectivity index (χ2v) is 6.44. The lowest BCUT2D eigenvalue weighted by atomic mass is 10.2. The van der Waals surface area contributed by atoms with Crippen LogP contribution < -0.4 is 11.2 Å². The molecule has 0 aliphatic carbocycles. The number of aliphatic carboxylic acids is 1. The highest BCUT2D eigenvalue weighted by molar-refractivity contribution is 7.18. The van der Waals surface area contributed by atoms with Crippen molar-refractivity contribution in [3.05, 3.63) is 31.3 Å². The summed E-state index contributed by atoms with van der Waals surface area (Å²) in [4.78, 5) is 38.1. The predicted molar refractivity (Wildman–Crippen MR) is 89.8 cm³/mol. The monoisotopic (exact) mass is 356 g/mol. The standard InChI is InChI=1S/C15H20N2O6S/c1-4-9(14(20)21)17-12(19)11-8(2)10(7-18)24-13(11)16(15(17)22)5-6-23-3/h9,18H,4-7H2,1-3H3,(H,20,21). The molecule has 2 N–H and O–H groups in total. The number of thiophene rings is 1. The highest BCUT2D eigenvalue weighted by atomic mass is 32.1. The fourth-order valence-corrected chi connectivity index (χ4v) is 3.86. The SMILES string of the molecule is CCC(C(=O)O)n1c(=O)c2c(C)c(CO)sc2n(CCOC)c1=O. The third-order valence-corrected chi connectivity index (χ3v) is 5.29. The Hall–Kier alpha value is -1.97. The smallest absolute Gasteiger partial charge is 0.332 e. The molecule has 0 radical (unpaired) electrons. The number of ether oxygens (including phenoxy) is 1. The van der Waals surface area contributed by atoms with Crippen LogP contribution in [0.3, 0.4) is 0 Å². The van der Waals surface area contributed by atoms with Crippen LogP contribution >= 0.6 is 11.3 Å². The summed E-state index contributed by atoms with van der Waals surface area (Å²) in [6, 6.07) is -1.24. The molecule has 0 aliphatic heterocycles. The Bertz CT molecular complexity index is 879. The maximum atomic E-state index is 12.8. The zero-order valence-electron chi connectivity index (χ0n) is 13.7. The van der Waals surface area contributed by atoms with E-state index in [4.69, 9.17) is 4.74 Å². The zero-order valence-corrected chi connectivity index (χ0v) is 14.6. The quantitative estimate of drug-likeness (QED) is 0.756. The third kappa shape index (κ3) is 2.90. The number of hydrogen-bond donors (Lipinski definition) is 2. The first-order valence-corrected chi connectivity index (χ1v) is 8.30. The van der Waals surface area contributed by atoms with Crippen molar-refractivity contribution >= 4 is 27.5 Å². The van der Waals surface area contributed by atoms with Crippen LogP contribution in [-0.4, -0.2) is 39.0 Å². The molecule has 0 fully saturated rings. The zero-order chi connectivity index (χ0) is 18.0. The van der Waals surface area contributed by atoms with Gasteiger partial charge in [0.2, 0.25) is 0 Å². The Kier molecular flexibility index (Phi) is 5.58. The van der Waals surface area contributed by atoms with Gasteiger partial charge in [-0.05, 0) is 18.9 Å². The van der Waals surface area contributed by atoms with Crippen LogP contribution in [-0.2, 0) is 22.7 Å². The summed E-state index contributed by atoms with van der Waals surface area (Å²) in [6.07, 6.45) is 0.107. The van der Waals surface area contributed by atoms with Gasteiger partial charge in [0, 0.05) is 12.0 Å². The van der Waals surface area contributed by atoms with E-state index in [0.29, 0.717) is 15.3 Å². The number of aromatic nitrogens is 2. The van der Waals surface area contributed by atoms with Gasteiger partial charge in [-0.25, -0.2) is 14.2 Å². The van der Waals surface area contributed by atoms with Crippen molar-refractivity contribution in [3.63, 3.8) is 0 Å². The summed E-state index contributed by atoms with van der Waals surface area (Å²) in [6.45, 7) is 3.46. The molecule has 132 valence electrons. The third-order valence-electron chi connectivity index (χ3n) is 3.99. The average Bonchev–Trinajstić information content (AvgIpc) is 2.87. The normalized spacial score (nSPS) is 12.7.